The lowest BCUT2D eigenvalue weighted by Crippen LogP contribution is -2.46. The molecule has 4 heteroatoms. The number of aliphatic hydroxyl groups is 2. The first-order chi connectivity index (χ1) is 21.9. The summed E-state index contributed by atoms with van der Waals surface area (Å²) in [7, 11) is 0. The van der Waals surface area contributed by atoms with Crippen molar-refractivity contribution in [2.24, 2.45) is 33.5 Å². The Morgan fingerprint density at radius 2 is 1.00 bits per heavy atom. The SMILES string of the molecule is CC1(C)C2CCC1(C(=O)Cc1ccc3ccccc3c1-c1c(CC(=O)C34CCC(CC3O)C4(C)C)ccc3ccccc13)C(O)C2. The van der Waals surface area contributed by atoms with Crippen LogP contribution in [0.15, 0.2) is 72.8 Å². The van der Waals surface area contributed by atoms with Gasteiger partial charge in [0.1, 0.15) is 11.6 Å². The van der Waals surface area contributed by atoms with Gasteiger partial charge in [0.2, 0.25) is 0 Å². The molecule has 6 unspecified atom stereocenters. The van der Waals surface area contributed by atoms with Crippen molar-refractivity contribution < 1.29 is 19.8 Å². The molecule has 4 saturated carbocycles. The van der Waals surface area contributed by atoms with E-state index in [1.807, 2.05) is 24.3 Å². The van der Waals surface area contributed by atoms with E-state index in [0.29, 0.717) is 24.7 Å². The van der Waals surface area contributed by atoms with Crippen LogP contribution >= 0.6 is 0 Å². The normalized spacial score (nSPS) is 32.0. The van der Waals surface area contributed by atoms with Crippen LogP contribution in [0, 0.1) is 33.5 Å². The Hall–Kier alpha value is -3.34. The van der Waals surface area contributed by atoms with Gasteiger partial charge in [-0.2, -0.15) is 0 Å². The van der Waals surface area contributed by atoms with Crippen molar-refractivity contribution >= 4 is 33.1 Å². The van der Waals surface area contributed by atoms with Crippen LogP contribution in [0.2, 0.25) is 0 Å². The quantitative estimate of drug-likeness (QED) is 0.220. The number of ketones is 2. The van der Waals surface area contributed by atoms with Crippen LogP contribution in [0.5, 0.6) is 0 Å². The molecule has 4 aliphatic rings. The maximum atomic E-state index is 14.6. The summed E-state index contributed by atoms with van der Waals surface area (Å²) in [4.78, 5) is 29.2. The molecule has 4 fully saturated rings. The maximum absolute atomic E-state index is 14.6. The summed E-state index contributed by atoms with van der Waals surface area (Å²) >= 11 is 0. The lowest BCUT2D eigenvalue weighted by atomic mass is 9.64. The Morgan fingerprint density at radius 3 is 1.35 bits per heavy atom. The second-order valence-corrected chi connectivity index (χ2v) is 16.2. The van der Waals surface area contributed by atoms with Gasteiger partial charge in [-0.15, -0.1) is 0 Å². The third-order valence-corrected chi connectivity index (χ3v) is 14.2. The summed E-state index contributed by atoms with van der Waals surface area (Å²) < 4.78 is 0. The topological polar surface area (TPSA) is 74.6 Å². The van der Waals surface area contributed by atoms with Gasteiger partial charge >= 0.3 is 0 Å². The first-order valence-electron chi connectivity index (χ1n) is 17.4. The highest BCUT2D eigenvalue weighted by molar-refractivity contribution is 6.10. The zero-order chi connectivity index (χ0) is 32.2. The monoisotopic (exact) mass is 614 g/mol. The molecule has 0 aromatic heterocycles. The molecule has 4 aliphatic carbocycles. The highest BCUT2D eigenvalue weighted by Gasteiger charge is 2.68. The maximum Gasteiger partial charge on any atom is 0.146 e. The van der Waals surface area contributed by atoms with Gasteiger partial charge in [-0.1, -0.05) is 100 Å². The van der Waals surface area contributed by atoms with Crippen LogP contribution in [-0.4, -0.2) is 34.0 Å². The molecule has 238 valence electrons. The Morgan fingerprint density at radius 1 is 0.609 bits per heavy atom. The molecule has 8 rings (SSSR count). The molecule has 0 saturated heterocycles. The number of carbonyl (C=O) groups excluding carboxylic acids is 2. The molecule has 46 heavy (non-hydrogen) atoms. The molecule has 0 aliphatic heterocycles. The van der Waals surface area contributed by atoms with E-state index in [1.54, 1.807) is 0 Å². The van der Waals surface area contributed by atoms with Crippen molar-refractivity contribution in [3.8, 4) is 11.1 Å². The number of rotatable bonds is 7. The standard InChI is InChI=1S/C42H46O4/c1-39(2)29-17-19-41(39,35(45)23-29)33(43)21-27-15-13-25-9-5-7-11-31(25)37(27)38-28(16-14-26-10-6-8-12-32(26)38)22-34(44)42-20-18-30(24-36(42)46)40(42,3)4/h5-16,29-30,35-36,45-46H,17-24H2,1-4H3. The highest BCUT2D eigenvalue weighted by Crippen LogP contribution is 2.67. The summed E-state index contributed by atoms with van der Waals surface area (Å²) in [5.74, 6) is 0.989. The van der Waals surface area contributed by atoms with E-state index >= 15 is 0 Å². The van der Waals surface area contributed by atoms with Gasteiger partial charge in [0, 0.05) is 12.8 Å². The van der Waals surface area contributed by atoms with Gasteiger partial charge in [-0.05, 0) is 105 Å². The van der Waals surface area contributed by atoms with Crippen LogP contribution in [-0.2, 0) is 22.4 Å². The number of benzene rings is 4. The fourth-order valence-electron chi connectivity index (χ4n) is 11.4. The molecule has 6 atom stereocenters. The van der Waals surface area contributed by atoms with Gasteiger partial charge in [0.15, 0.2) is 0 Å². The molecular weight excluding hydrogens is 568 g/mol. The number of fused-ring (bicyclic) bond motifs is 6. The molecule has 0 amide bonds. The van der Waals surface area contributed by atoms with E-state index in [0.717, 1.165) is 69.5 Å². The van der Waals surface area contributed by atoms with Crippen molar-refractivity contribution in [2.45, 2.75) is 91.3 Å². The number of hydrogen-bond donors (Lipinski definition) is 2. The number of carbonyl (C=O) groups is 2. The summed E-state index contributed by atoms with van der Waals surface area (Å²) in [5.41, 5.74) is 1.95. The van der Waals surface area contributed by atoms with Crippen molar-refractivity contribution in [1.29, 1.82) is 0 Å². The minimum atomic E-state index is -0.736. The Kier molecular flexibility index (Phi) is 6.58. The Bertz CT molecular complexity index is 1780. The minimum Gasteiger partial charge on any atom is -0.392 e. The van der Waals surface area contributed by atoms with Crippen LogP contribution in [0.4, 0.5) is 0 Å². The molecule has 4 nitrogen and oxygen atoms in total. The van der Waals surface area contributed by atoms with E-state index in [-0.39, 0.29) is 35.2 Å². The lowest BCUT2D eigenvalue weighted by molar-refractivity contribution is -0.140. The third-order valence-electron chi connectivity index (χ3n) is 14.2. The summed E-state index contributed by atoms with van der Waals surface area (Å²) in [6.07, 6.45) is 4.10. The number of hydrogen-bond acceptors (Lipinski definition) is 4. The largest absolute Gasteiger partial charge is 0.392 e. The lowest BCUT2D eigenvalue weighted by Gasteiger charge is -2.39. The van der Waals surface area contributed by atoms with E-state index < -0.39 is 23.0 Å². The molecule has 4 bridgehead atoms. The van der Waals surface area contributed by atoms with Gasteiger partial charge in [-0.25, -0.2) is 0 Å². The fourth-order valence-corrected chi connectivity index (χ4v) is 11.4. The van der Waals surface area contributed by atoms with Gasteiger partial charge < -0.3 is 10.2 Å². The molecule has 4 aromatic rings. The summed E-state index contributed by atoms with van der Waals surface area (Å²) in [6.45, 7) is 8.72. The van der Waals surface area contributed by atoms with Crippen molar-refractivity contribution in [3.63, 3.8) is 0 Å². The predicted octanol–water partition coefficient (Wildman–Crippen LogP) is 8.26. The summed E-state index contributed by atoms with van der Waals surface area (Å²) in [6, 6.07) is 25.1. The predicted molar refractivity (Wildman–Crippen MR) is 183 cm³/mol. The van der Waals surface area contributed by atoms with Gasteiger partial charge in [-0.3, -0.25) is 9.59 Å². The zero-order valence-electron chi connectivity index (χ0n) is 27.6. The summed E-state index contributed by atoms with van der Waals surface area (Å²) in [5, 5.41) is 27.0. The first-order valence-corrected chi connectivity index (χ1v) is 17.4. The molecule has 0 heterocycles. The van der Waals surface area contributed by atoms with Gasteiger partial charge in [0.05, 0.1) is 23.0 Å². The molecule has 0 spiro atoms. The van der Waals surface area contributed by atoms with Crippen LogP contribution < -0.4 is 0 Å². The average Bonchev–Trinajstić information content (AvgIpc) is 3.60. The third kappa shape index (κ3) is 3.75. The Labute approximate surface area is 272 Å². The van der Waals surface area contributed by atoms with E-state index in [4.69, 9.17) is 0 Å². The van der Waals surface area contributed by atoms with Crippen molar-refractivity contribution in [2.75, 3.05) is 0 Å². The average molecular weight is 615 g/mol. The van der Waals surface area contributed by atoms with Crippen LogP contribution in [0.1, 0.15) is 77.3 Å². The van der Waals surface area contributed by atoms with E-state index in [2.05, 4.69) is 76.2 Å². The van der Waals surface area contributed by atoms with E-state index in [1.165, 1.54) is 0 Å². The van der Waals surface area contributed by atoms with Gasteiger partial charge in [0.25, 0.3) is 0 Å². The van der Waals surface area contributed by atoms with Crippen LogP contribution in [0.25, 0.3) is 32.7 Å². The second-order valence-electron chi connectivity index (χ2n) is 16.2. The number of aliphatic hydroxyl groups excluding tert-OH is 2. The zero-order valence-corrected chi connectivity index (χ0v) is 27.6. The van der Waals surface area contributed by atoms with Crippen LogP contribution in [0.3, 0.4) is 0 Å². The van der Waals surface area contributed by atoms with Crippen molar-refractivity contribution in [1.82, 2.24) is 0 Å². The highest BCUT2D eigenvalue weighted by atomic mass is 16.3. The van der Waals surface area contributed by atoms with Crippen molar-refractivity contribution in [3.05, 3.63) is 83.9 Å². The molecule has 0 radical (unpaired) electrons. The molecule has 4 aromatic carbocycles. The second kappa shape index (κ2) is 10.1. The molecule has 2 N–H and O–H groups in total. The number of Topliss-reactive ketones (excluding diaryl/α,β-unsaturated/α-hetero) is 2. The molecular formula is C42H46O4. The minimum absolute atomic E-state index is 0.131. The Balaban J connectivity index is 1.31. The first kappa shape index (κ1) is 30.0. The van der Waals surface area contributed by atoms with E-state index in [9.17, 15) is 19.8 Å². The fraction of sp³-hybridized carbons (Fsp3) is 0.476. The smallest absolute Gasteiger partial charge is 0.146 e.